The molecule has 0 radical (unpaired) electrons. The molecule has 0 heterocycles. The van der Waals surface area contributed by atoms with Crippen LogP contribution in [0.3, 0.4) is 0 Å². The van der Waals surface area contributed by atoms with Gasteiger partial charge < -0.3 is 0 Å². The number of benzene rings is 1. The van der Waals surface area contributed by atoms with Gasteiger partial charge in [-0.1, -0.05) is 23.4 Å². The molecule has 0 saturated carbocycles. The van der Waals surface area contributed by atoms with Crippen LogP contribution in [-0.4, -0.2) is 19.9 Å². The summed E-state index contributed by atoms with van der Waals surface area (Å²) >= 11 is 0. The van der Waals surface area contributed by atoms with E-state index in [1.807, 2.05) is 0 Å². The van der Waals surface area contributed by atoms with Gasteiger partial charge in [0.25, 0.3) is 0 Å². The number of carbonyl (C=O) groups is 1. The van der Waals surface area contributed by atoms with Crippen molar-refractivity contribution in [2.45, 2.75) is 25.2 Å². The first-order valence-electron chi connectivity index (χ1n) is 4.93. The van der Waals surface area contributed by atoms with E-state index in [9.17, 15) is 13.2 Å². The molecule has 6 heteroatoms. The van der Waals surface area contributed by atoms with E-state index in [1.54, 1.807) is 18.2 Å². The number of carbonyl (C=O) groups excluding carboxylic acids is 1. The summed E-state index contributed by atoms with van der Waals surface area (Å²) in [6.07, 6.45) is 0.0737. The van der Waals surface area contributed by atoms with Crippen molar-refractivity contribution in [3.63, 3.8) is 0 Å². The molecule has 0 saturated heterocycles. The fourth-order valence-corrected chi connectivity index (χ4v) is 1.94. The lowest BCUT2D eigenvalue weighted by molar-refractivity contribution is -0.115. The van der Waals surface area contributed by atoms with E-state index in [0.717, 1.165) is 0 Å². The molecule has 0 aliphatic carbocycles. The highest BCUT2D eigenvalue weighted by Gasteiger charge is 2.14. The molecule has 0 aliphatic rings. The molecular weight excluding hydrogens is 242 g/mol. The van der Waals surface area contributed by atoms with E-state index in [-0.39, 0.29) is 17.1 Å². The van der Waals surface area contributed by atoms with Crippen LogP contribution in [-0.2, 0) is 19.2 Å². The van der Waals surface area contributed by atoms with E-state index in [2.05, 4.69) is 9.44 Å². The van der Waals surface area contributed by atoms with Crippen LogP contribution in [0.5, 0.6) is 0 Å². The van der Waals surface area contributed by atoms with E-state index >= 15 is 0 Å². The van der Waals surface area contributed by atoms with E-state index in [1.165, 1.54) is 26.0 Å². The minimum atomic E-state index is -3.89. The summed E-state index contributed by atoms with van der Waals surface area (Å²) in [5, 5.41) is 3.42. The Morgan fingerprint density at radius 3 is 2.35 bits per heavy atom. The van der Waals surface area contributed by atoms with Gasteiger partial charge in [0, 0.05) is 6.42 Å². The highest BCUT2D eigenvalue weighted by Crippen LogP contribution is 2.11. The van der Waals surface area contributed by atoms with Gasteiger partial charge in [-0.15, -0.1) is 0 Å². The van der Waals surface area contributed by atoms with E-state index < -0.39 is 10.1 Å². The predicted molar refractivity (Wildman–Crippen MR) is 63.1 cm³/mol. The zero-order chi connectivity index (χ0) is 12.9. The molecule has 1 aromatic carbocycles. The molecular formula is C11H13NO4S. The lowest BCUT2D eigenvalue weighted by atomic mass is 10.2. The molecule has 17 heavy (non-hydrogen) atoms. The molecule has 0 bridgehead atoms. The smallest absolute Gasteiger partial charge is 0.300 e. The molecule has 1 rings (SSSR count). The summed E-state index contributed by atoms with van der Waals surface area (Å²) in [6, 6.07) is 7.68. The standard InChI is InChI=1S/C11H13NO4S/c1-9(8-10(2)13)12-16-17(14,15)11-6-4-3-5-7-11/h3-7H,8H2,1-2H3. The molecule has 5 nitrogen and oxygen atoms in total. The van der Waals surface area contributed by atoms with Gasteiger partial charge in [-0.05, 0) is 26.0 Å². The number of Topliss-reactive ketones (excluding diaryl/α,β-unsaturated/α-hetero) is 1. The number of ketones is 1. The number of hydrogen-bond acceptors (Lipinski definition) is 5. The fourth-order valence-electron chi connectivity index (χ4n) is 1.14. The Bertz CT molecular complexity index is 520. The molecule has 1 aromatic rings. The zero-order valence-electron chi connectivity index (χ0n) is 9.58. The van der Waals surface area contributed by atoms with Gasteiger partial charge in [0.15, 0.2) is 0 Å². The Morgan fingerprint density at radius 1 is 1.24 bits per heavy atom. The van der Waals surface area contributed by atoms with Crippen LogP contribution in [0, 0.1) is 0 Å². The van der Waals surface area contributed by atoms with E-state index in [0.29, 0.717) is 5.71 Å². The van der Waals surface area contributed by atoms with Gasteiger partial charge in [-0.2, -0.15) is 8.42 Å². The Kier molecular flexibility index (Phi) is 4.39. The van der Waals surface area contributed by atoms with Crippen LogP contribution in [0.15, 0.2) is 40.4 Å². The SMILES string of the molecule is CC(=O)CC(C)=NOS(=O)(=O)c1ccccc1. The third-order valence-electron chi connectivity index (χ3n) is 1.83. The number of hydrogen-bond donors (Lipinski definition) is 0. The van der Waals surface area contributed by atoms with Gasteiger partial charge >= 0.3 is 10.1 Å². The second kappa shape index (κ2) is 5.58. The Labute approximate surface area is 100 Å². The maximum atomic E-state index is 11.6. The molecule has 0 N–H and O–H groups in total. The zero-order valence-corrected chi connectivity index (χ0v) is 10.4. The summed E-state index contributed by atoms with van der Waals surface area (Å²) in [4.78, 5) is 10.8. The Hall–Kier alpha value is -1.69. The molecule has 0 fully saturated rings. The molecule has 0 aliphatic heterocycles. The summed E-state index contributed by atoms with van der Waals surface area (Å²) in [6.45, 7) is 2.92. The highest BCUT2D eigenvalue weighted by molar-refractivity contribution is 7.86. The van der Waals surface area contributed by atoms with Gasteiger partial charge in [0.1, 0.15) is 10.7 Å². The van der Waals surface area contributed by atoms with Crippen LogP contribution >= 0.6 is 0 Å². The van der Waals surface area contributed by atoms with Crippen molar-refractivity contribution < 1.29 is 17.5 Å². The monoisotopic (exact) mass is 255 g/mol. The lowest BCUT2D eigenvalue weighted by Gasteiger charge is -2.01. The molecule has 0 amide bonds. The largest absolute Gasteiger partial charge is 0.358 e. The first kappa shape index (κ1) is 13.4. The molecule has 0 atom stereocenters. The summed E-state index contributed by atoms with van der Waals surface area (Å²) < 4.78 is 27.7. The number of nitrogens with zero attached hydrogens (tertiary/aromatic N) is 1. The summed E-state index contributed by atoms with van der Waals surface area (Å²) in [7, 11) is -3.89. The lowest BCUT2D eigenvalue weighted by Crippen LogP contribution is -2.06. The van der Waals surface area contributed by atoms with E-state index in [4.69, 9.17) is 0 Å². The van der Waals surface area contributed by atoms with Gasteiger partial charge in [-0.3, -0.25) is 9.08 Å². The Morgan fingerprint density at radius 2 is 1.82 bits per heavy atom. The van der Waals surface area contributed by atoms with Crippen LogP contribution in [0.2, 0.25) is 0 Å². The highest BCUT2D eigenvalue weighted by atomic mass is 32.2. The molecule has 0 aromatic heterocycles. The van der Waals surface area contributed by atoms with Crippen molar-refractivity contribution in [2.24, 2.45) is 5.16 Å². The minimum absolute atomic E-state index is 0.0272. The second-order valence-corrected chi connectivity index (χ2v) is 5.08. The maximum Gasteiger partial charge on any atom is 0.358 e. The fraction of sp³-hybridized carbons (Fsp3) is 0.273. The Balaban J connectivity index is 2.79. The quantitative estimate of drug-likeness (QED) is 0.593. The van der Waals surface area contributed by atoms with Gasteiger partial charge in [0.05, 0.1) is 5.71 Å². The van der Waals surface area contributed by atoms with Crippen molar-refractivity contribution in [3.05, 3.63) is 30.3 Å². The minimum Gasteiger partial charge on any atom is -0.300 e. The first-order chi connectivity index (χ1) is 7.92. The average molecular weight is 255 g/mol. The van der Waals surface area contributed by atoms with Crippen LogP contribution in [0.1, 0.15) is 20.3 Å². The summed E-state index contributed by atoms with van der Waals surface area (Å²) in [5.74, 6) is -0.105. The van der Waals surface area contributed by atoms with Crippen molar-refractivity contribution in [1.29, 1.82) is 0 Å². The number of oxime groups is 1. The first-order valence-corrected chi connectivity index (χ1v) is 6.34. The number of rotatable bonds is 5. The predicted octanol–water partition coefficient (Wildman–Crippen LogP) is 1.75. The average Bonchev–Trinajstić information content (AvgIpc) is 2.27. The van der Waals surface area contributed by atoms with Crippen molar-refractivity contribution in [3.8, 4) is 0 Å². The van der Waals surface area contributed by atoms with Crippen LogP contribution in [0.4, 0.5) is 0 Å². The van der Waals surface area contributed by atoms with Crippen LogP contribution in [0.25, 0.3) is 0 Å². The summed E-state index contributed by atoms with van der Waals surface area (Å²) in [5.41, 5.74) is 0.317. The molecule has 0 spiro atoms. The van der Waals surface area contributed by atoms with Crippen molar-refractivity contribution >= 4 is 21.6 Å². The van der Waals surface area contributed by atoms with Crippen LogP contribution < -0.4 is 0 Å². The molecule has 0 unspecified atom stereocenters. The topological polar surface area (TPSA) is 72.8 Å². The second-order valence-electron chi connectivity index (χ2n) is 3.55. The molecule has 92 valence electrons. The van der Waals surface area contributed by atoms with Gasteiger partial charge in [0.2, 0.25) is 0 Å². The van der Waals surface area contributed by atoms with Crippen molar-refractivity contribution in [2.75, 3.05) is 0 Å². The normalized spacial score (nSPS) is 12.2. The third-order valence-corrected chi connectivity index (χ3v) is 2.95. The third kappa shape index (κ3) is 4.36. The maximum absolute atomic E-state index is 11.6. The van der Waals surface area contributed by atoms with Crippen molar-refractivity contribution in [1.82, 2.24) is 0 Å². The van der Waals surface area contributed by atoms with Gasteiger partial charge in [-0.25, -0.2) is 0 Å².